The molecular weight excluding hydrogens is 394 g/mol. The molecule has 0 radical (unpaired) electrons. The van der Waals surface area contributed by atoms with Crippen molar-refractivity contribution in [3.8, 4) is 0 Å². The Balaban J connectivity index is 2.12. The van der Waals surface area contributed by atoms with Crippen molar-refractivity contribution in [3.05, 3.63) is 0 Å². The van der Waals surface area contributed by atoms with Crippen LogP contribution in [-0.2, 0) is 23.9 Å². The van der Waals surface area contributed by atoms with Crippen LogP contribution in [0.3, 0.4) is 0 Å². The van der Waals surface area contributed by atoms with E-state index in [-0.39, 0.29) is 13.0 Å². The number of fused-ring (bicyclic) bond motifs is 1. The van der Waals surface area contributed by atoms with Gasteiger partial charge in [0.1, 0.15) is 30.0 Å². The van der Waals surface area contributed by atoms with Crippen LogP contribution in [0, 0.1) is 5.41 Å². The van der Waals surface area contributed by atoms with Gasteiger partial charge in [-0.15, -0.1) is 0 Å². The normalized spacial score (nSPS) is 27.0. The second-order valence-electron chi connectivity index (χ2n) is 9.62. The summed E-state index contributed by atoms with van der Waals surface area (Å²) in [4.78, 5) is 52.3. The van der Waals surface area contributed by atoms with Crippen LogP contribution in [0.15, 0.2) is 0 Å². The summed E-state index contributed by atoms with van der Waals surface area (Å²) in [5, 5.41) is 12.3. The zero-order chi connectivity index (χ0) is 23.0. The largest absolute Gasteiger partial charge is 0.480 e. The molecule has 4 atom stereocenters. The smallest absolute Gasteiger partial charge is 0.410 e. The van der Waals surface area contributed by atoms with Gasteiger partial charge in [-0.2, -0.15) is 0 Å². The van der Waals surface area contributed by atoms with Gasteiger partial charge in [-0.25, -0.2) is 9.59 Å². The molecule has 2 aliphatic rings. The number of hydrogen-bond donors (Lipinski definition) is 2. The monoisotopic (exact) mass is 427 g/mol. The summed E-state index contributed by atoms with van der Waals surface area (Å²) in [6.45, 7) is 10.5. The summed E-state index contributed by atoms with van der Waals surface area (Å²) in [6.07, 6.45) is -0.688. The van der Waals surface area contributed by atoms with Crippen LogP contribution in [0.1, 0.15) is 54.4 Å². The highest BCUT2D eigenvalue weighted by Crippen LogP contribution is 2.42. The molecule has 2 saturated heterocycles. The molecular formula is C20H33N3O7. The van der Waals surface area contributed by atoms with E-state index < -0.39 is 59.2 Å². The molecule has 0 aromatic carbocycles. The Morgan fingerprint density at radius 3 is 2.47 bits per heavy atom. The molecule has 0 spiro atoms. The molecule has 3 amide bonds. The number of aliphatic carboxylic acids is 1. The standard InChI is InChI=1S/C20H33N3O7/c1-11(22(7)18(28)30-19(2,3)4)15(24)21-12-8-9-29-13-10-20(5,6)14(17(26)27)23(13)16(12)25/h11-14H,8-10H2,1-7H3,(H,21,24)(H,26,27)/t11-,12-,13-,14+/m0/s1. The summed E-state index contributed by atoms with van der Waals surface area (Å²) in [5.41, 5.74) is -1.37. The number of carbonyl (C=O) groups is 4. The van der Waals surface area contributed by atoms with Crippen LogP contribution < -0.4 is 5.32 Å². The third kappa shape index (κ3) is 5.03. The van der Waals surface area contributed by atoms with Gasteiger partial charge in [-0.3, -0.25) is 14.5 Å². The molecule has 0 aliphatic carbocycles. The van der Waals surface area contributed by atoms with Crippen molar-refractivity contribution in [1.29, 1.82) is 0 Å². The second-order valence-corrected chi connectivity index (χ2v) is 9.62. The van der Waals surface area contributed by atoms with E-state index in [0.29, 0.717) is 6.42 Å². The maximum absolute atomic E-state index is 13.1. The van der Waals surface area contributed by atoms with Gasteiger partial charge >= 0.3 is 12.1 Å². The first kappa shape index (κ1) is 23.9. The first-order valence-electron chi connectivity index (χ1n) is 10.1. The molecule has 2 heterocycles. The molecule has 0 bridgehead atoms. The van der Waals surface area contributed by atoms with Crippen molar-refractivity contribution < 1.29 is 33.8 Å². The predicted octanol–water partition coefficient (Wildman–Crippen LogP) is 1.18. The molecule has 0 aromatic heterocycles. The van der Waals surface area contributed by atoms with Crippen molar-refractivity contribution in [2.45, 2.75) is 84.3 Å². The van der Waals surface area contributed by atoms with Crippen LogP contribution in [0.2, 0.25) is 0 Å². The third-order valence-electron chi connectivity index (χ3n) is 5.49. The van der Waals surface area contributed by atoms with Gasteiger partial charge in [0.05, 0.1) is 6.61 Å². The lowest BCUT2D eigenvalue weighted by Gasteiger charge is -2.32. The molecule has 30 heavy (non-hydrogen) atoms. The lowest BCUT2D eigenvalue weighted by atomic mass is 9.84. The molecule has 170 valence electrons. The van der Waals surface area contributed by atoms with Crippen LogP contribution >= 0.6 is 0 Å². The summed E-state index contributed by atoms with van der Waals surface area (Å²) in [5.74, 6) is -2.13. The number of carboxylic acids is 1. The quantitative estimate of drug-likeness (QED) is 0.690. The topological polar surface area (TPSA) is 125 Å². The first-order chi connectivity index (χ1) is 13.7. The highest BCUT2D eigenvalue weighted by Gasteiger charge is 2.55. The van der Waals surface area contributed by atoms with E-state index in [0.717, 1.165) is 4.90 Å². The summed E-state index contributed by atoms with van der Waals surface area (Å²) >= 11 is 0. The number of carbonyl (C=O) groups excluding carboxylic acids is 3. The van der Waals surface area contributed by atoms with Crippen LogP contribution in [0.4, 0.5) is 4.79 Å². The highest BCUT2D eigenvalue weighted by molar-refractivity contribution is 5.93. The van der Waals surface area contributed by atoms with E-state index >= 15 is 0 Å². The van der Waals surface area contributed by atoms with Gasteiger partial charge in [0.25, 0.3) is 0 Å². The lowest BCUT2D eigenvalue weighted by molar-refractivity contribution is -0.157. The molecule has 2 N–H and O–H groups in total. The summed E-state index contributed by atoms with van der Waals surface area (Å²) in [7, 11) is 1.44. The third-order valence-corrected chi connectivity index (χ3v) is 5.49. The van der Waals surface area contributed by atoms with Crippen LogP contribution in [-0.4, -0.2) is 82.4 Å². The minimum absolute atomic E-state index is 0.205. The number of likely N-dealkylation sites (N-methyl/N-ethyl adjacent to an activating group) is 1. The SMILES string of the molecule is C[C@@H](C(=O)N[C@H]1CCO[C@H]2CC(C)(C)[C@@H](C(=O)O)N2C1=O)N(C)C(=O)OC(C)(C)C. The van der Waals surface area contributed by atoms with Crippen LogP contribution in [0.5, 0.6) is 0 Å². The molecule has 10 nitrogen and oxygen atoms in total. The predicted molar refractivity (Wildman–Crippen MR) is 106 cm³/mol. The number of nitrogens with one attached hydrogen (secondary N) is 1. The first-order valence-corrected chi connectivity index (χ1v) is 10.1. The Hall–Kier alpha value is -2.36. The summed E-state index contributed by atoms with van der Waals surface area (Å²) in [6, 6.07) is -2.87. The van der Waals surface area contributed by atoms with Gasteiger partial charge in [-0.05, 0) is 27.7 Å². The van der Waals surface area contributed by atoms with Crippen molar-refractivity contribution in [3.63, 3.8) is 0 Å². The molecule has 0 aromatic rings. The Labute approximate surface area is 176 Å². The zero-order valence-electron chi connectivity index (χ0n) is 18.7. The van der Waals surface area contributed by atoms with Crippen molar-refractivity contribution in [2.24, 2.45) is 5.41 Å². The minimum Gasteiger partial charge on any atom is -0.480 e. The van der Waals surface area contributed by atoms with E-state index in [1.807, 2.05) is 0 Å². The van der Waals surface area contributed by atoms with Gasteiger partial charge in [0.15, 0.2) is 0 Å². The maximum Gasteiger partial charge on any atom is 0.410 e. The highest BCUT2D eigenvalue weighted by atomic mass is 16.6. The number of hydrogen-bond acceptors (Lipinski definition) is 6. The van der Waals surface area contributed by atoms with E-state index in [1.165, 1.54) is 18.9 Å². The Kier molecular flexibility index (Phi) is 6.70. The van der Waals surface area contributed by atoms with E-state index in [9.17, 15) is 24.3 Å². The van der Waals surface area contributed by atoms with Crippen molar-refractivity contribution in [1.82, 2.24) is 15.1 Å². The van der Waals surface area contributed by atoms with E-state index in [2.05, 4.69) is 5.32 Å². The lowest BCUT2D eigenvalue weighted by Crippen LogP contribution is -2.57. The second kappa shape index (κ2) is 8.41. The summed E-state index contributed by atoms with van der Waals surface area (Å²) < 4.78 is 11.0. The Morgan fingerprint density at radius 1 is 1.33 bits per heavy atom. The molecule has 2 rings (SSSR count). The number of nitrogens with zero attached hydrogens (tertiary/aromatic N) is 2. The molecule has 2 aliphatic heterocycles. The fraction of sp³-hybridized carbons (Fsp3) is 0.800. The molecule has 0 saturated carbocycles. The van der Waals surface area contributed by atoms with E-state index in [4.69, 9.17) is 9.47 Å². The van der Waals surface area contributed by atoms with Gasteiger partial charge in [0.2, 0.25) is 11.8 Å². The van der Waals surface area contributed by atoms with Gasteiger partial charge < -0.3 is 24.8 Å². The maximum atomic E-state index is 13.1. The zero-order valence-corrected chi connectivity index (χ0v) is 18.7. The number of ether oxygens (including phenoxy) is 2. The van der Waals surface area contributed by atoms with E-state index in [1.54, 1.807) is 34.6 Å². The fourth-order valence-corrected chi connectivity index (χ4v) is 3.78. The van der Waals surface area contributed by atoms with Gasteiger partial charge in [-0.1, -0.05) is 13.8 Å². The Morgan fingerprint density at radius 2 is 1.93 bits per heavy atom. The van der Waals surface area contributed by atoms with Crippen molar-refractivity contribution >= 4 is 23.9 Å². The van der Waals surface area contributed by atoms with Crippen molar-refractivity contribution in [2.75, 3.05) is 13.7 Å². The molecule has 0 unspecified atom stereocenters. The number of amides is 3. The number of rotatable bonds is 4. The van der Waals surface area contributed by atoms with Crippen LogP contribution in [0.25, 0.3) is 0 Å². The Bertz CT molecular complexity index is 716. The van der Waals surface area contributed by atoms with Gasteiger partial charge in [0, 0.05) is 25.3 Å². The average molecular weight is 427 g/mol. The molecule has 10 heteroatoms. The number of carboxylic acid groups (broad SMARTS) is 1. The average Bonchev–Trinajstić information content (AvgIpc) is 2.79. The minimum atomic E-state index is -1.11. The molecule has 2 fully saturated rings. The fourth-order valence-electron chi connectivity index (χ4n) is 3.78.